The minimum Gasteiger partial charge on any atom is -0.338 e. The SMILES string of the molecule is C[C@@H](NC(=O)NCC1CCN(Cc2ccccc2)CC1)C1CCCCCC1. The van der Waals surface area contributed by atoms with Gasteiger partial charge in [-0.05, 0) is 63.1 Å². The van der Waals surface area contributed by atoms with Crippen LogP contribution in [0, 0.1) is 11.8 Å². The summed E-state index contributed by atoms with van der Waals surface area (Å²) in [6.07, 6.45) is 10.2. The first-order valence-electron chi connectivity index (χ1n) is 11.0. The van der Waals surface area contributed by atoms with Gasteiger partial charge < -0.3 is 10.6 Å². The molecule has 2 N–H and O–H groups in total. The van der Waals surface area contributed by atoms with Gasteiger partial charge in [0, 0.05) is 19.1 Å². The maximum atomic E-state index is 12.3. The van der Waals surface area contributed by atoms with Crippen LogP contribution in [0.4, 0.5) is 4.79 Å². The molecule has 2 amide bonds. The van der Waals surface area contributed by atoms with Crippen LogP contribution in [0.2, 0.25) is 0 Å². The molecule has 0 radical (unpaired) electrons. The summed E-state index contributed by atoms with van der Waals surface area (Å²) in [5.74, 6) is 1.26. The van der Waals surface area contributed by atoms with E-state index in [1.807, 2.05) is 0 Å². The molecule has 1 aliphatic carbocycles. The van der Waals surface area contributed by atoms with Crippen LogP contribution in [-0.2, 0) is 6.54 Å². The number of rotatable bonds is 6. The zero-order valence-electron chi connectivity index (χ0n) is 17.0. The number of carbonyl (C=O) groups is 1. The average Bonchev–Trinajstić information content (AvgIpc) is 2.98. The average molecular weight is 372 g/mol. The Labute approximate surface area is 165 Å². The summed E-state index contributed by atoms with van der Waals surface area (Å²) in [4.78, 5) is 14.8. The number of nitrogens with one attached hydrogen (secondary N) is 2. The van der Waals surface area contributed by atoms with Gasteiger partial charge >= 0.3 is 6.03 Å². The van der Waals surface area contributed by atoms with Crippen LogP contribution in [0.5, 0.6) is 0 Å². The van der Waals surface area contributed by atoms with Crippen molar-refractivity contribution >= 4 is 6.03 Å². The highest BCUT2D eigenvalue weighted by Gasteiger charge is 2.22. The Bertz CT molecular complexity index is 546. The summed E-state index contributed by atoms with van der Waals surface area (Å²) in [6.45, 7) is 6.28. The molecular formula is C23H37N3O. The number of likely N-dealkylation sites (tertiary alicyclic amines) is 1. The van der Waals surface area contributed by atoms with Crippen LogP contribution in [0.25, 0.3) is 0 Å². The second-order valence-electron chi connectivity index (χ2n) is 8.60. The number of benzene rings is 1. The summed E-state index contributed by atoms with van der Waals surface area (Å²) < 4.78 is 0. The van der Waals surface area contributed by atoms with Gasteiger partial charge in [0.15, 0.2) is 0 Å². The minimum atomic E-state index is 0.0264. The lowest BCUT2D eigenvalue weighted by molar-refractivity contribution is 0.174. The number of hydrogen-bond donors (Lipinski definition) is 2. The largest absolute Gasteiger partial charge is 0.338 e. The van der Waals surface area contributed by atoms with Gasteiger partial charge in [0.05, 0.1) is 0 Å². The second-order valence-corrected chi connectivity index (χ2v) is 8.60. The number of piperidine rings is 1. The van der Waals surface area contributed by atoms with Crippen LogP contribution >= 0.6 is 0 Å². The number of hydrogen-bond acceptors (Lipinski definition) is 2. The third-order valence-corrected chi connectivity index (χ3v) is 6.47. The fourth-order valence-electron chi connectivity index (χ4n) is 4.61. The second kappa shape index (κ2) is 10.7. The molecule has 4 nitrogen and oxygen atoms in total. The van der Waals surface area contributed by atoms with Crippen LogP contribution in [0.3, 0.4) is 0 Å². The Hall–Kier alpha value is -1.55. The molecule has 0 aromatic heterocycles. The fourth-order valence-corrected chi connectivity index (χ4v) is 4.61. The molecule has 0 unspecified atom stereocenters. The van der Waals surface area contributed by atoms with Crippen molar-refractivity contribution in [3.63, 3.8) is 0 Å². The third kappa shape index (κ3) is 6.84. The smallest absolute Gasteiger partial charge is 0.315 e. The Morgan fingerprint density at radius 1 is 1.04 bits per heavy atom. The van der Waals surface area contributed by atoms with E-state index in [-0.39, 0.29) is 12.1 Å². The summed E-state index contributed by atoms with van der Waals surface area (Å²) in [7, 11) is 0. The Morgan fingerprint density at radius 3 is 2.37 bits per heavy atom. The van der Waals surface area contributed by atoms with Gasteiger partial charge in [-0.3, -0.25) is 4.90 Å². The van der Waals surface area contributed by atoms with E-state index in [1.165, 1.54) is 56.9 Å². The highest BCUT2D eigenvalue weighted by atomic mass is 16.2. The topological polar surface area (TPSA) is 44.4 Å². The van der Waals surface area contributed by atoms with E-state index in [0.29, 0.717) is 11.8 Å². The Kier molecular flexibility index (Phi) is 8.00. The molecule has 1 heterocycles. The lowest BCUT2D eigenvalue weighted by Gasteiger charge is -2.32. The molecule has 1 saturated heterocycles. The molecule has 0 spiro atoms. The van der Waals surface area contributed by atoms with E-state index in [2.05, 4.69) is 52.8 Å². The molecular weight excluding hydrogens is 334 g/mol. The predicted molar refractivity (Wildman–Crippen MR) is 112 cm³/mol. The first kappa shape index (κ1) is 20.2. The normalized spacial score (nSPS) is 21.4. The molecule has 1 saturated carbocycles. The first-order chi connectivity index (χ1) is 13.2. The van der Waals surface area contributed by atoms with Crippen molar-refractivity contribution in [2.24, 2.45) is 11.8 Å². The van der Waals surface area contributed by atoms with Gasteiger partial charge in [0.25, 0.3) is 0 Å². The number of urea groups is 1. The lowest BCUT2D eigenvalue weighted by Crippen LogP contribution is -2.46. The van der Waals surface area contributed by atoms with Crippen molar-refractivity contribution in [3.8, 4) is 0 Å². The van der Waals surface area contributed by atoms with E-state index in [1.54, 1.807) is 0 Å². The zero-order valence-corrected chi connectivity index (χ0v) is 17.0. The Morgan fingerprint density at radius 2 is 1.70 bits per heavy atom. The van der Waals surface area contributed by atoms with Crippen molar-refractivity contribution in [3.05, 3.63) is 35.9 Å². The van der Waals surface area contributed by atoms with E-state index in [4.69, 9.17) is 0 Å². The van der Waals surface area contributed by atoms with E-state index >= 15 is 0 Å². The van der Waals surface area contributed by atoms with Crippen molar-refractivity contribution in [2.75, 3.05) is 19.6 Å². The quantitative estimate of drug-likeness (QED) is 0.720. The molecule has 0 bridgehead atoms. The predicted octanol–water partition coefficient (Wildman–Crippen LogP) is 4.56. The molecule has 3 rings (SSSR count). The summed E-state index contributed by atoms with van der Waals surface area (Å²) in [5.41, 5.74) is 1.39. The summed E-state index contributed by atoms with van der Waals surface area (Å²) in [6, 6.07) is 11.0. The van der Waals surface area contributed by atoms with Crippen molar-refractivity contribution in [1.29, 1.82) is 0 Å². The third-order valence-electron chi connectivity index (χ3n) is 6.47. The summed E-state index contributed by atoms with van der Waals surface area (Å²) in [5, 5.41) is 6.33. The molecule has 1 atom stereocenters. The van der Waals surface area contributed by atoms with Gasteiger partial charge in [-0.1, -0.05) is 56.0 Å². The van der Waals surface area contributed by atoms with Crippen LogP contribution in [0.15, 0.2) is 30.3 Å². The van der Waals surface area contributed by atoms with Gasteiger partial charge in [-0.25, -0.2) is 4.79 Å². The molecule has 1 aromatic rings. The zero-order chi connectivity index (χ0) is 18.9. The maximum Gasteiger partial charge on any atom is 0.315 e. The molecule has 2 aliphatic rings. The van der Waals surface area contributed by atoms with Crippen LogP contribution in [0.1, 0.15) is 63.9 Å². The highest BCUT2D eigenvalue weighted by Crippen LogP contribution is 2.25. The number of carbonyl (C=O) groups excluding carboxylic acids is 1. The van der Waals surface area contributed by atoms with Crippen molar-refractivity contribution in [1.82, 2.24) is 15.5 Å². The van der Waals surface area contributed by atoms with Crippen LogP contribution < -0.4 is 10.6 Å². The van der Waals surface area contributed by atoms with Crippen molar-refractivity contribution in [2.45, 2.75) is 70.9 Å². The maximum absolute atomic E-state index is 12.3. The monoisotopic (exact) mass is 371 g/mol. The number of nitrogens with zero attached hydrogens (tertiary/aromatic N) is 1. The molecule has 150 valence electrons. The molecule has 4 heteroatoms. The van der Waals surface area contributed by atoms with E-state index < -0.39 is 0 Å². The first-order valence-corrected chi connectivity index (χ1v) is 11.0. The van der Waals surface area contributed by atoms with Gasteiger partial charge in [-0.2, -0.15) is 0 Å². The minimum absolute atomic E-state index is 0.0264. The molecule has 1 aromatic carbocycles. The molecule has 2 fully saturated rings. The van der Waals surface area contributed by atoms with Crippen molar-refractivity contribution < 1.29 is 4.79 Å². The van der Waals surface area contributed by atoms with Crippen LogP contribution in [-0.4, -0.2) is 36.6 Å². The van der Waals surface area contributed by atoms with Gasteiger partial charge in [-0.15, -0.1) is 0 Å². The molecule has 27 heavy (non-hydrogen) atoms. The molecule has 1 aliphatic heterocycles. The number of amides is 2. The lowest BCUT2D eigenvalue weighted by atomic mass is 9.93. The standard InChI is InChI=1S/C23H37N3O/c1-19(22-11-7-2-3-8-12-22)25-23(27)24-17-20-13-15-26(16-14-20)18-21-9-5-4-6-10-21/h4-6,9-10,19-20,22H,2-3,7-8,11-18H2,1H3,(H2,24,25,27)/t19-/m1/s1. The van der Waals surface area contributed by atoms with Gasteiger partial charge in [0.2, 0.25) is 0 Å². The van der Waals surface area contributed by atoms with E-state index in [9.17, 15) is 4.79 Å². The summed E-state index contributed by atoms with van der Waals surface area (Å²) >= 11 is 0. The fraction of sp³-hybridized carbons (Fsp3) is 0.696. The van der Waals surface area contributed by atoms with Gasteiger partial charge in [0.1, 0.15) is 0 Å². The Balaban J connectivity index is 1.31. The van der Waals surface area contributed by atoms with E-state index in [0.717, 1.165) is 26.2 Å². The highest BCUT2D eigenvalue weighted by molar-refractivity contribution is 5.74.